The average molecular weight is 245 g/mol. The van der Waals surface area contributed by atoms with Gasteiger partial charge in [0.05, 0.1) is 0 Å². The number of aromatic nitrogens is 2. The number of hydrogen-bond acceptors (Lipinski definition) is 5. The van der Waals surface area contributed by atoms with Gasteiger partial charge in [0.15, 0.2) is 4.34 Å². The van der Waals surface area contributed by atoms with E-state index in [9.17, 15) is 0 Å². The van der Waals surface area contributed by atoms with Gasteiger partial charge in [-0.3, -0.25) is 0 Å². The minimum Gasteiger partial charge on any atom is -0.312 e. The Hall–Kier alpha value is -0.130. The molecule has 0 bridgehead atoms. The standard InChI is InChI=1S/C10H19N3S2/c1-8(5-11-10(2,3)4)6-14-9-13-12-7-15-9/h7-8,11H,5-6H2,1-4H3. The van der Waals surface area contributed by atoms with Crippen LogP contribution in [0.4, 0.5) is 0 Å². The zero-order valence-electron chi connectivity index (χ0n) is 9.78. The minimum absolute atomic E-state index is 0.210. The summed E-state index contributed by atoms with van der Waals surface area (Å²) in [4.78, 5) is 0. The lowest BCUT2D eigenvalue weighted by atomic mass is 10.1. The van der Waals surface area contributed by atoms with Crippen molar-refractivity contribution in [3.05, 3.63) is 5.51 Å². The van der Waals surface area contributed by atoms with Gasteiger partial charge in [0.25, 0.3) is 0 Å². The van der Waals surface area contributed by atoms with Crippen LogP contribution in [-0.4, -0.2) is 28.0 Å². The van der Waals surface area contributed by atoms with Gasteiger partial charge in [0.2, 0.25) is 0 Å². The molecule has 0 saturated carbocycles. The van der Waals surface area contributed by atoms with Crippen LogP contribution in [0, 0.1) is 5.92 Å². The van der Waals surface area contributed by atoms with Gasteiger partial charge in [0, 0.05) is 11.3 Å². The molecule has 1 heterocycles. The van der Waals surface area contributed by atoms with E-state index in [-0.39, 0.29) is 5.54 Å². The van der Waals surface area contributed by atoms with E-state index in [4.69, 9.17) is 0 Å². The van der Waals surface area contributed by atoms with Crippen LogP contribution >= 0.6 is 23.1 Å². The molecule has 0 aliphatic rings. The Morgan fingerprint density at radius 1 is 1.53 bits per heavy atom. The third-order valence-electron chi connectivity index (χ3n) is 1.81. The fraction of sp³-hybridized carbons (Fsp3) is 0.800. The highest BCUT2D eigenvalue weighted by Crippen LogP contribution is 2.21. The van der Waals surface area contributed by atoms with Crippen LogP contribution < -0.4 is 5.32 Å². The Kier molecular flexibility index (Phi) is 5.02. The zero-order chi connectivity index (χ0) is 11.3. The van der Waals surface area contributed by atoms with Crippen molar-refractivity contribution in [1.29, 1.82) is 0 Å². The Labute approximate surface area is 100 Å². The van der Waals surface area contributed by atoms with Gasteiger partial charge in [-0.15, -0.1) is 10.2 Å². The number of hydrogen-bond donors (Lipinski definition) is 1. The molecule has 1 rings (SSSR count). The van der Waals surface area contributed by atoms with Crippen LogP contribution in [0.1, 0.15) is 27.7 Å². The highest BCUT2D eigenvalue weighted by molar-refractivity contribution is 8.01. The molecule has 0 aliphatic heterocycles. The van der Waals surface area contributed by atoms with Crippen molar-refractivity contribution in [3.8, 4) is 0 Å². The molecule has 1 aromatic rings. The monoisotopic (exact) mass is 245 g/mol. The van der Waals surface area contributed by atoms with E-state index in [0.29, 0.717) is 5.92 Å². The van der Waals surface area contributed by atoms with E-state index >= 15 is 0 Å². The third kappa shape index (κ3) is 6.12. The van der Waals surface area contributed by atoms with Gasteiger partial charge in [0.1, 0.15) is 5.51 Å². The normalized spacial score (nSPS) is 14.1. The summed E-state index contributed by atoms with van der Waals surface area (Å²) in [6.07, 6.45) is 0. The third-order valence-corrected chi connectivity index (χ3v) is 4.00. The van der Waals surface area contributed by atoms with Crippen molar-refractivity contribution in [2.24, 2.45) is 5.92 Å². The summed E-state index contributed by atoms with van der Waals surface area (Å²) < 4.78 is 1.07. The summed E-state index contributed by atoms with van der Waals surface area (Å²) in [5.41, 5.74) is 1.99. The molecule has 0 fully saturated rings. The van der Waals surface area contributed by atoms with E-state index < -0.39 is 0 Å². The van der Waals surface area contributed by atoms with E-state index in [1.807, 2.05) is 0 Å². The van der Waals surface area contributed by atoms with E-state index in [1.54, 1.807) is 28.6 Å². The summed E-state index contributed by atoms with van der Waals surface area (Å²) in [7, 11) is 0. The molecule has 1 aromatic heterocycles. The molecule has 1 atom stereocenters. The summed E-state index contributed by atoms with van der Waals surface area (Å²) in [5, 5.41) is 11.3. The number of thioether (sulfide) groups is 1. The number of nitrogens with zero attached hydrogens (tertiary/aromatic N) is 2. The molecule has 0 spiro atoms. The van der Waals surface area contributed by atoms with Crippen molar-refractivity contribution in [2.75, 3.05) is 12.3 Å². The fourth-order valence-corrected chi connectivity index (χ4v) is 2.51. The molecule has 1 N–H and O–H groups in total. The van der Waals surface area contributed by atoms with Crippen molar-refractivity contribution in [1.82, 2.24) is 15.5 Å². The molecule has 0 aliphatic carbocycles. The zero-order valence-corrected chi connectivity index (χ0v) is 11.4. The summed E-state index contributed by atoms with van der Waals surface area (Å²) >= 11 is 3.40. The van der Waals surface area contributed by atoms with Crippen molar-refractivity contribution >= 4 is 23.1 Å². The predicted octanol–water partition coefficient (Wildman–Crippen LogP) is 2.65. The second-order valence-corrected chi connectivity index (χ2v) is 6.85. The van der Waals surface area contributed by atoms with Gasteiger partial charge in [-0.05, 0) is 33.2 Å². The van der Waals surface area contributed by atoms with E-state index in [1.165, 1.54) is 0 Å². The Morgan fingerprint density at radius 3 is 2.80 bits per heavy atom. The lowest BCUT2D eigenvalue weighted by Gasteiger charge is -2.23. The Bertz CT molecular complexity index is 267. The topological polar surface area (TPSA) is 37.8 Å². The smallest absolute Gasteiger partial charge is 0.174 e. The quantitative estimate of drug-likeness (QED) is 0.809. The maximum atomic E-state index is 4.01. The van der Waals surface area contributed by atoms with Crippen molar-refractivity contribution in [3.63, 3.8) is 0 Å². The summed E-state index contributed by atoms with van der Waals surface area (Å²) in [6.45, 7) is 9.88. The number of rotatable bonds is 5. The molecule has 15 heavy (non-hydrogen) atoms. The maximum Gasteiger partial charge on any atom is 0.174 e. The predicted molar refractivity (Wildman–Crippen MR) is 67.6 cm³/mol. The van der Waals surface area contributed by atoms with Crippen LogP contribution in [0.15, 0.2) is 9.85 Å². The van der Waals surface area contributed by atoms with Gasteiger partial charge in [-0.1, -0.05) is 30.0 Å². The van der Waals surface area contributed by atoms with Crippen LogP contribution in [-0.2, 0) is 0 Å². The second-order valence-electron chi connectivity index (χ2n) is 4.75. The molecule has 0 saturated heterocycles. The van der Waals surface area contributed by atoms with Gasteiger partial charge in [-0.2, -0.15) is 0 Å². The van der Waals surface area contributed by atoms with Crippen LogP contribution in [0.2, 0.25) is 0 Å². The molecule has 0 amide bonds. The summed E-state index contributed by atoms with van der Waals surface area (Å²) in [5.74, 6) is 1.75. The SMILES string of the molecule is CC(CNC(C)(C)C)CSc1nncs1. The minimum atomic E-state index is 0.210. The molecule has 1 unspecified atom stereocenters. The molecule has 86 valence electrons. The Morgan fingerprint density at radius 2 is 2.27 bits per heavy atom. The van der Waals surface area contributed by atoms with Crippen LogP contribution in [0.5, 0.6) is 0 Å². The lowest BCUT2D eigenvalue weighted by Crippen LogP contribution is -2.39. The largest absolute Gasteiger partial charge is 0.312 e. The molecule has 3 nitrogen and oxygen atoms in total. The van der Waals surface area contributed by atoms with Crippen LogP contribution in [0.25, 0.3) is 0 Å². The van der Waals surface area contributed by atoms with Crippen molar-refractivity contribution < 1.29 is 0 Å². The number of nitrogens with one attached hydrogen (secondary N) is 1. The first-order valence-corrected chi connectivity index (χ1v) is 6.98. The van der Waals surface area contributed by atoms with Crippen molar-refractivity contribution in [2.45, 2.75) is 37.6 Å². The van der Waals surface area contributed by atoms with Gasteiger partial charge in [-0.25, -0.2) is 0 Å². The molecular formula is C10H19N3S2. The summed E-state index contributed by atoms with van der Waals surface area (Å²) in [6, 6.07) is 0. The van der Waals surface area contributed by atoms with Gasteiger partial charge >= 0.3 is 0 Å². The fourth-order valence-electron chi connectivity index (χ4n) is 0.979. The van der Waals surface area contributed by atoms with Crippen LogP contribution in [0.3, 0.4) is 0 Å². The average Bonchev–Trinajstić information content (AvgIpc) is 2.62. The lowest BCUT2D eigenvalue weighted by molar-refractivity contribution is 0.395. The molecular weight excluding hydrogens is 226 g/mol. The van der Waals surface area contributed by atoms with E-state index in [2.05, 4.69) is 43.2 Å². The van der Waals surface area contributed by atoms with E-state index in [0.717, 1.165) is 16.6 Å². The highest BCUT2D eigenvalue weighted by atomic mass is 32.2. The highest BCUT2D eigenvalue weighted by Gasteiger charge is 2.11. The first-order valence-electron chi connectivity index (χ1n) is 5.11. The second kappa shape index (κ2) is 5.82. The molecule has 0 aromatic carbocycles. The molecule has 0 radical (unpaired) electrons. The Balaban J connectivity index is 2.16. The maximum absolute atomic E-state index is 4.01. The first-order chi connectivity index (χ1) is 6.97. The van der Waals surface area contributed by atoms with Gasteiger partial charge < -0.3 is 5.32 Å². The molecule has 5 heteroatoms. The first kappa shape index (κ1) is 12.9.